The minimum atomic E-state index is -0.0954. The largest absolute Gasteiger partial charge is 0.486 e. The molecule has 5 heteroatoms. The van der Waals surface area contributed by atoms with Crippen molar-refractivity contribution in [2.75, 3.05) is 13.2 Å². The predicted molar refractivity (Wildman–Crippen MR) is 80.0 cm³/mol. The lowest BCUT2D eigenvalue weighted by Crippen LogP contribution is -2.17. The number of fused-ring (bicyclic) bond motifs is 1. The van der Waals surface area contributed by atoms with Crippen LogP contribution in [0.15, 0.2) is 41.1 Å². The molecule has 1 atom stereocenters. The highest BCUT2D eigenvalue weighted by atomic mass is 79.9. The molecule has 0 spiro atoms. The van der Waals surface area contributed by atoms with Gasteiger partial charge in [0.15, 0.2) is 11.5 Å². The summed E-state index contributed by atoms with van der Waals surface area (Å²) in [5.74, 6) is 1.56. The van der Waals surface area contributed by atoms with Gasteiger partial charge in [0.05, 0.1) is 0 Å². The Morgan fingerprint density at radius 1 is 1.15 bits per heavy atom. The molecule has 1 unspecified atom stereocenters. The standard InChI is InChI=1S/C15H15BrN2O2/c16-12-5-10(8-18-9-12)6-13(17)11-1-2-14-15(7-11)20-4-3-19-14/h1-2,5,7-9,13H,3-4,6,17H2. The van der Waals surface area contributed by atoms with E-state index in [1.54, 1.807) is 6.20 Å². The fourth-order valence-corrected chi connectivity index (χ4v) is 2.64. The summed E-state index contributed by atoms with van der Waals surface area (Å²) in [6.07, 6.45) is 4.33. The first-order chi connectivity index (χ1) is 9.72. The van der Waals surface area contributed by atoms with E-state index in [9.17, 15) is 0 Å². The van der Waals surface area contributed by atoms with Crippen molar-refractivity contribution in [3.05, 3.63) is 52.3 Å². The van der Waals surface area contributed by atoms with E-state index < -0.39 is 0 Å². The number of nitrogens with zero attached hydrogens (tertiary/aromatic N) is 1. The van der Waals surface area contributed by atoms with E-state index in [2.05, 4.69) is 20.9 Å². The molecule has 2 aromatic rings. The SMILES string of the molecule is NC(Cc1cncc(Br)c1)c1ccc2c(c1)OCCO2. The van der Waals surface area contributed by atoms with Gasteiger partial charge < -0.3 is 15.2 Å². The summed E-state index contributed by atoms with van der Waals surface area (Å²) in [5, 5.41) is 0. The lowest BCUT2D eigenvalue weighted by atomic mass is 10.0. The highest BCUT2D eigenvalue weighted by Crippen LogP contribution is 2.32. The lowest BCUT2D eigenvalue weighted by molar-refractivity contribution is 0.171. The first-order valence-corrected chi connectivity index (χ1v) is 7.26. The van der Waals surface area contributed by atoms with E-state index in [1.165, 1.54) is 0 Å². The van der Waals surface area contributed by atoms with Crippen molar-refractivity contribution < 1.29 is 9.47 Å². The average Bonchev–Trinajstić information content (AvgIpc) is 2.47. The van der Waals surface area contributed by atoms with Crippen molar-refractivity contribution in [2.45, 2.75) is 12.5 Å². The number of rotatable bonds is 3. The van der Waals surface area contributed by atoms with Gasteiger partial charge in [0.25, 0.3) is 0 Å². The van der Waals surface area contributed by atoms with Crippen molar-refractivity contribution in [3.63, 3.8) is 0 Å². The van der Waals surface area contributed by atoms with E-state index in [0.717, 1.165) is 33.5 Å². The summed E-state index contributed by atoms with van der Waals surface area (Å²) in [6, 6.07) is 7.81. The molecular formula is C15H15BrN2O2. The zero-order valence-corrected chi connectivity index (χ0v) is 12.5. The molecule has 3 rings (SSSR count). The Labute approximate surface area is 126 Å². The smallest absolute Gasteiger partial charge is 0.161 e. The van der Waals surface area contributed by atoms with Gasteiger partial charge in [0.2, 0.25) is 0 Å². The van der Waals surface area contributed by atoms with Crippen LogP contribution in [-0.2, 0) is 6.42 Å². The summed E-state index contributed by atoms with van der Waals surface area (Å²) < 4.78 is 12.1. The summed E-state index contributed by atoms with van der Waals surface area (Å²) in [7, 11) is 0. The van der Waals surface area contributed by atoms with Gasteiger partial charge in [-0.05, 0) is 51.7 Å². The molecule has 1 aromatic heterocycles. The molecule has 104 valence electrons. The first-order valence-electron chi connectivity index (χ1n) is 6.47. The topological polar surface area (TPSA) is 57.4 Å². The summed E-state index contributed by atoms with van der Waals surface area (Å²) in [5.41, 5.74) is 8.41. The zero-order valence-electron chi connectivity index (χ0n) is 10.9. The Bertz CT molecular complexity index is 619. The Morgan fingerprint density at radius 3 is 2.75 bits per heavy atom. The predicted octanol–water partition coefficient (Wildman–Crippen LogP) is 2.86. The van der Waals surface area contributed by atoms with E-state index in [-0.39, 0.29) is 6.04 Å². The second-order valence-electron chi connectivity index (χ2n) is 4.73. The van der Waals surface area contributed by atoms with Crippen LogP contribution >= 0.6 is 15.9 Å². The van der Waals surface area contributed by atoms with Crippen LogP contribution in [0.3, 0.4) is 0 Å². The number of hydrogen-bond donors (Lipinski definition) is 1. The molecule has 2 N–H and O–H groups in total. The van der Waals surface area contributed by atoms with Crippen molar-refractivity contribution in [3.8, 4) is 11.5 Å². The van der Waals surface area contributed by atoms with Crippen molar-refractivity contribution in [1.82, 2.24) is 4.98 Å². The molecule has 0 aliphatic carbocycles. The molecule has 0 saturated carbocycles. The summed E-state index contributed by atoms with van der Waals surface area (Å²) >= 11 is 3.42. The van der Waals surface area contributed by atoms with Gasteiger partial charge >= 0.3 is 0 Å². The average molecular weight is 335 g/mol. The number of halogens is 1. The first kappa shape index (κ1) is 13.4. The van der Waals surface area contributed by atoms with Crippen LogP contribution in [0, 0.1) is 0 Å². The molecule has 0 bridgehead atoms. The quantitative estimate of drug-likeness (QED) is 0.937. The number of ether oxygens (including phenoxy) is 2. The monoisotopic (exact) mass is 334 g/mol. The van der Waals surface area contributed by atoms with Gasteiger partial charge in [-0.1, -0.05) is 6.07 Å². The van der Waals surface area contributed by atoms with Gasteiger partial charge in [-0.2, -0.15) is 0 Å². The van der Waals surface area contributed by atoms with Crippen LogP contribution in [0.25, 0.3) is 0 Å². The van der Waals surface area contributed by atoms with Crippen LogP contribution < -0.4 is 15.2 Å². The normalized spacial score (nSPS) is 14.9. The molecule has 1 aromatic carbocycles. The van der Waals surface area contributed by atoms with Crippen molar-refractivity contribution in [1.29, 1.82) is 0 Å². The lowest BCUT2D eigenvalue weighted by Gasteiger charge is -2.20. The van der Waals surface area contributed by atoms with Gasteiger partial charge in [0.1, 0.15) is 13.2 Å². The molecule has 0 fully saturated rings. The van der Waals surface area contributed by atoms with Crippen LogP contribution in [0.2, 0.25) is 0 Å². The number of benzene rings is 1. The van der Waals surface area contributed by atoms with Crippen LogP contribution in [0.1, 0.15) is 17.2 Å². The van der Waals surface area contributed by atoms with Crippen LogP contribution in [0.4, 0.5) is 0 Å². The Balaban J connectivity index is 1.78. The number of nitrogens with two attached hydrogens (primary N) is 1. The minimum absolute atomic E-state index is 0.0954. The minimum Gasteiger partial charge on any atom is -0.486 e. The number of aromatic nitrogens is 1. The van der Waals surface area contributed by atoms with Crippen molar-refractivity contribution >= 4 is 15.9 Å². The van der Waals surface area contributed by atoms with Crippen LogP contribution in [-0.4, -0.2) is 18.2 Å². The third-order valence-corrected chi connectivity index (χ3v) is 3.65. The van der Waals surface area contributed by atoms with Crippen LogP contribution in [0.5, 0.6) is 11.5 Å². The second kappa shape index (κ2) is 5.81. The second-order valence-corrected chi connectivity index (χ2v) is 5.64. The Morgan fingerprint density at radius 2 is 1.95 bits per heavy atom. The third kappa shape index (κ3) is 2.94. The van der Waals surface area contributed by atoms with E-state index in [1.807, 2.05) is 30.5 Å². The molecule has 0 radical (unpaired) electrons. The summed E-state index contributed by atoms with van der Waals surface area (Å²) in [6.45, 7) is 1.18. The molecule has 20 heavy (non-hydrogen) atoms. The number of hydrogen-bond acceptors (Lipinski definition) is 4. The highest BCUT2D eigenvalue weighted by Gasteiger charge is 2.15. The molecule has 2 heterocycles. The zero-order chi connectivity index (χ0) is 13.9. The Kier molecular flexibility index (Phi) is 3.89. The molecule has 0 saturated heterocycles. The fourth-order valence-electron chi connectivity index (χ4n) is 2.23. The number of pyridine rings is 1. The van der Waals surface area contributed by atoms with Crippen molar-refractivity contribution in [2.24, 2.45) is 5.73 Å². The van der Waals surface area contributed by atoms with E-state index in [4.69, 9.17) is 15.2 Å². The molecular weight excluding hydrogens is 320 g/mol. The van der Waals surface area contributed by atoms with Gasteiger partial charge in [-0.15, -0.1) is 0 Å². The van der Waals surface area contributed by atoms with Gasteiger partial charge in [-0.3, -0.25) is 4.98 Å². The molecule has 0 amide bonds. The van der Waals surface area contributed by atoms with Gasteiger partial charge in [-0.25, -0.2) is 0 Å². The maximum absolute atomic E-state index is 6.27. The highest BCUT2D eigenvalue weighted by molar-refractivity contribution is 9.10. The molecule has 1 aliphatic heterocycles. The van der Waals surface area contributed by atoms with E-state index >= 15 is 0 Å². The summed E-state index contributed by atoms with van der Waals surface area (Å²) in [4.78, 5) is 4.15. The fraction of sp³-hybridized carbons (Fsp3) is 0.267. The maximum atomic E-state index is 6.27. The third-order valence-electron chi connectivity index (χ3n) is 3.21. The molecule has 4 nitrogen and oxygen atoms in total. The van der Waals surface area contributed by atoms with E-state index in [0.29, 0.717) is 13.2 Å². The maximum Gasteiger partial charge on any atom is 0.161 e. The Hall–Kier alpha value is -1.59. The molecule has 1 aliphatic rings. The van der Waals surface area contributed by atoms with Gasteiger partial charge in [0, 0.05) is 22.9 Å².